The number of nitrogens with two attached hydrogens (primary N) is 1. The van der Waals surface area contributed by atoms with Gasteiger partial charge >= 0.3 is 0 Å². The molecule has 1 heterocycles. The van der Waals surface area contributed by atoms with E-state index in [4.69, 9.17) is 15.2 Å². The van der Waals surface area contributed by atoms with Crippen LogP contribution in [0.15, 0.2) is 48.8 Å². The third kappa shape index (κ3) is 3.05. The number of ether oxygens (including phenoxy) is 2. The number of hydrogen-bond acceptors (Lipinski definition) is 4. The molecule has 0 saturated heterocycles. The van der Waals surface area contributed by atoms with E-state index in [2.05, 4.69) is 36.2 Å². The van der Waals surface area contributed by atoms with Crippen LogP contribution in [-0.4, -0.2) is 19.2 Å². The molecule has 0 fully saturated rings. The smallest absolute Gasteiger partial charge is 0.138 e. The van der Waals surface area contributed by atoms with E-state index in [0.29, 0.717) is 0 Å². The predicted octanol–water partition coefficient (Wildman–Crippen LogP) is 4.50. The molecular weight excluding hydrogens is 312 g/mol. The maximum absolute atomic E-state index is 6.36. The Morgan fingerprint density at radius 2 is 1.80 bits per heavy atom. The summed E-state index contributed by atoms with van der Waals surface area (Å²) in [6.07, 6.45) is 4.46. The first-order chi connectivity index (χ1) is 12.0. The van der Waals surface area contributed by atoms with E-state index in [1.165, 1.54) is 0 Å². The van der Waals surface area contributed by atoms with Gasteiger partial charge in [-0.05, 0) is 36.6 Å². The Kier molecular flexibility index (Phi) is 4.64. The molecule has 25 heavy (non-hydrogen) atoms. The van der Waals surface area contributed by atoms with Crippen molar-refractivity contribution in [3.8, 4) is 22.6 Å². The first kappa shape index (κ1) is 17.2. The average molecular weight is 336 g/mol. The second-order valence-corrected chi connectivity index (χ2v) is 6.43. The van der Waals surface area contributed by atoms with Crippen LogP contribution in [-0.2, 0) is 5.54 Å². The molecule has 0 saturated carbocycles. The van der Waals surface area contributed by atoms with E-state index in [1.54, 1.807) is 20.4 Å². The zero-order chi connectivity index (χ0) is 18.0. The van der Waals surface area contributed by atoms with Gasteiger partial charge in [-0.25, -0.2) is 0 Å². The third-order valence-corrected chi connectivity index (χ3v) is 4.85. The van der Waals surface area contributed by atoms with Crippen LogP contribution in [0.2, 0.25) is 0 Å². The second kappa shape index (κ2) is 6.73. The van der Waals surface area contributed by atoms with Crippen LogP contribution in [0.1, 0.15) is 25.8 Å². The summed E-state index contributed by atoms with van der Waals surface area (Å²) in [7, 11) is 3.35. The Labute approximate surface area is 148 Å². The molecule has 4 nitrogen and oxygen atoms in total. The van der Waals surface area contributed by atoms with Gasteiger partial charge in [0.2, 0.25) is 0 Å². The van der Waals surface area contributed by atoms with Gasteiger partial charge < -0.3 is 15.2 Å². The number of hydrogen-bond donors (Lipinski definition) is 1. The average Bonchev–Trinajstić information content (AvgIpc) is 2.66. The first-order valence-electron chi connectivity index (χ1n) is 8.40. The zero-order valence-corrected chi connectivity index (χ0v) is 15.2. The monoisotopic (exact) mass is 336 g/mol. The van der Waals surface area contributed by atoms with Crippen molar-refractivity contribution in [2.45, 2.75) is 25.8 Å². The second-order valence-electron chi connectivity index (χ2n) is 6.43. The fourth-order valence-corrected chi connectivity index (χ4v) is 3.06. The van der Waals surface area contributed by atoms with Crippen LogP contribution >= 0.6 is 0 Å². The first-order valence-corrected chi connectivity index (χ1v) is 8.40. The number of rotatable bonds is 5. The summed E-state index contributed by atoms with van der Waals surface area (Å²) < 4.78 is 11.4. The predicted molar refractivity (Wildman–Crippen MR) is 102 cm³/mol. The molecule has 0 spiro atoms. The summed E-state index contributed by atoms with van der Waals surface area (Å²) in [5.74, 6) is 1.55. The fourth-order valence-electron chi connectivity index (χ4n) is 3.06. The van der Waals surface area contributed by atoms with Crippen LogP contribution in [0.4, 0.5) is 0 Å². The minimum Gasteiger partial charge on any atom is -0.496 e. The highest BCUT2D eigenvalue weighted by molar-refractivity contribution is 5.97. The van der Waals surface area contributed by atoms with Crippen molar-refractivity contribution in [1.82, 2.24) is 4.98 Å². The van der Waals surface area contributed by atoms with Gasteiger partial charge in [0.05, 0.1) is 19.8 Å². The lowest BCUT2D eigenvalue weighted by molar-refractivity contribution is 0.401. The molecule has 0 aliphatic carbocycles. The molecule has 1 aromatic heterocycles. The zero-order valence-electron chi connectivity index (χ0n) is 15.2. The molecule has 130 valence electrons. The van der Waals surface area contributed by atoms with E-state index in [0.717, 1.165) is 45.4 Å². The highest BCUT2D eigenvalue weighted by atomic mass is 16.5. The Morgan fingerprint density at radius 1 is 1.08 bits per heavy atom. The number of benzene rings is 2. The summed E-state index contributed by atoms with van der Waals surface area (Å²) in [6.45, 7) is 4.14. The Hall–Kier alpha value is -2.59. The molecule has 3 aromatic rings. The summed E-state index contributed by atoms with van der Waals surface area (Å²) in [5, 5.41) is 1.99. The third-order valence-electron chi connectivity index (χ3n) is 4.85. The molecule has 0 aliphatic heterocycles. The molecule has 0 radical (unpaired) electrons. The molecule has 3 rings (SSSR count). The highest BCUT2D eigenvalue weighted by Crippen LogP contribution is 2.43. The van der Waals surface area contributed by atoms with E-state index < -0.39 is 0 Å². The number of aromatic nitrogens is 1. The van der Waals surface area contributed by atoms with Crippen molar-refractivity contribution >= 4 is 10.8 Å². The largest absolute Gasteiger partial charge is 0.496 e. The Balaban J connectivity index is 2.21. The molecular formula is C21H24N2O2. The topological polar surface area (TPSA) is 57.4 Å². The van der Waals surface area contributed by atoms with Crippen molar-refractivity contribution in [2.75, 3.05) is 14.2 Å². The van der Waals surface area contributed by atoms with Gasteiger partial charge in [0.25, 0.3) is 0 Å². The van der Waals surface area contributed by atoms with E-state index in [9.17, 15) is 0 Å². The van der Waals surface area contributed by atoms with Gasteiger partial charge in [-0.2, -0.15) is 0 Å². The maximum Gasteiger partial charge on any atom is 0.138 e. The summed E-state index contributed by atoms with van der Waals surface area (Å²) in [6, 6.07) is 12.3. The molecule has 4 heteroatoms. The minimum atomic E-state index is -0.332. The van der Waals surface area contributed by atoms with Gasteiger partial charge in [-0.15, -0.1) is 0 Å². The van der Waals surface area contributed by atoms with Crippen LogP contribution in [0.25, 0.3) is 21.9 Å². The van der Waals surface area contributed by atoms with E-state index in [-0.39, 0.29) is 5.54 Å². The van der Waals surface area contributed by atoms with Gasteiger partial charge in [0, 0.05) is 28.7 Å². The number of fused-ring (bicyclic) bond motifs is 1. The summed E-state index contributed by atoms with van der Waals surface area (Å²) >= 11 is 0. The van der Waals surface area contributed by atoms with Gasteiger partial charge in [-0.3, -0.25) is 4.98 Å². The van der Waals surface area contributed by atoms with Crippen molar-refractivity contribution < 1.29 is 9.47 Å². The molecule has 2 aromatic carbocycles. The minimum absolute atomic E-state index is 0.332. The van der Waals surface area contributed by atoms with Gasteiger partial charge in [0.1, 0.15) is 11.5 Å². The summed E-state index contributed by atoms with van der Waals surface area (Å²) in [5.41, 5.74) is 9.10. The molecule has 1 unspecified atom stereocenters. The van der Waals surface area contributed by atoms with Crippen molar-refractivity contribution in [1.29, 1.82) is 0 Å². The SMILES string of the molecule is CCC(C)(N)c1ccc(-c2c(OC)cc3cnccc3c2OC)cc1. The van der Waals surface area contributed by atoms with Crippen molar-refractivity contribution in [3.63, 3.8) is 0 Å². The lowest BCUT2D eigenvalue weighted by atomic mass is 9.89. The standard InChI is InChI=1S/C21H24N2O2/c1-5-21(2,22)16-8-6-14(7-9-16)19-18(24-3)12-15-13-23-11-10-17(15)20(19)25-4/h6-13H,5,22H2,1-4H3. The highest BCUT2D eigenvalue weighted by Gasteiger charge is 2.20. The van der Waals surface area contributed by atoms with Gasteiger partial charge in [-0.1, -0.05) is 31.2 Å². The van der Waals surface area contributed by atoms with Crippen LogP contribution in [0.5, 0.6) is 11.5 Å². The van der Waals surface area contributed by atoms with Crippen LogP contribution < -0.4 is 15.2 Å². The molecule has 1 atom stereocenters. The Morgan fingerprint density at radius 3 is 2.40 bits per heavy atom. The molecule has 2 N–H and O–H groups in total. The quantitative estimate of drug-likeness (QED) is 0.745. The van der Waals surface area contributed by atoms with E-state index >= 15 is 0 Å². The number of methoxy groups -OCH3 is 2. The van der Waals surface area contributed by atoms with Crippen molar-refractivity contribution in [2.24, 2.45) is 5.73 Å². The van der Waals surface area contributed by atoms with E-state index in [1.807, 2.05) is 25.3 Å². The lowest BCUT2D eigenvalue weighted by Gasteiger charge is -2.24. The van der Waals surface area contributed by atoms with Gasteiger partial charge in [0.15, 0.2) is 0 Å². The van der Waals surface area contributed by atoms with Crippen LogP contribution in [0, 0.1) is 0 Å². The molecule has 0 amide bonds. The van der Waals surface area contributed by atoms with Crippen LogP contribution in [0.3, 0.4) is 0 Å². The van der Waals surface area contributed by atoms with Crippen molar-refractivity contribution in [3.05, 3.63) is 54.4 Å². The normalized spacial score (nSPS) is 13.5. The Bertz CT molecular complexity index is 886. The number of nitrogens with zero attached hydrogens (tertiary/aromatic N) is 1. The molecule has 0 aliphatic rings. The lowest BCUT2D eigenvalue weighted by Crippen LogP contribution is -2.31. The maximum atomic E-state index is 6.36. The fraction of sp³-hybridized carbons (Fsp3) is 0.286. The summed E-state index contributed by atoms with van der Waals surface area (Å²) in [4.78, 5) is 4.19. The number of pyridine rings is 1. The molecule has 0 bridgehead atoms.